The molecule has 3 heterocycles. The zero-order chi connectivity index (χ0) is 27.1. The van der Waals surface area contributed by atoms with Gasteiger partial charge in [-0.1, -0.05) is 61.8 Å². The van der Waals surface area contributed by atoms with Gasteiger partial charge >= 0.3 is 0 Å². The third kappa shape index (κ3) is 5.13. The van der Waals surface area contributed by atoms with Gasteiger partial charge in [0, 0.05) is 48.3 Å². The molecule has 0 unspecified atom stereocenters. The summed E-state index contributed by atoms with van der Waals surface area (Å²) >= 11 is 6.09. The van der Waals surface area contributed by atoms with Crippen LogP contribution in [-0.4, -0.2) is 39.7 Å². The van der Waals surface area contributed by atoms with Crippen molar-refractivity contribution in [3.05, 3.63) is 99.8 Å². The molecule has 6 heteroatoms. The number of nitrogens with zero attached hydrogens (tertiary/aromatic N) is 2. The molecule has 38 heavy (non-hydrogen) atoms. The lowest BCUT2D eigenvalue weighted by Gasteiger charge is -2.50. The van der Waals surface area contributed by atoms with Crippen LogP contribution in [0.15, 0.2) is 66.9 Å². The van der Waals surface area contributed by atoms with E-state index in [1.54, 1.807) is 20.0 Å². The Morgan fingerprint density at radius 3 is 2.53 bits per heavy atom. The summed E-state index contributed by atoms with van der Waals surface area (Å²) in [7, 11) is 0. The molecule has 0 spiro atoms. The number of likely N-dealkylation sites (tertiary alicyclic amines) is 1. The summed E-state index contributed by atoms with van der Waals surface area (Å²) in [5, 5.41) is 23.2. The lowest BCUT2D eigenvalue weighted by molar-refractivity contribution is -0.125. The van der Waals surface area contributed by atoms with E-state index in [0.717, 1.165) is 65.5 Å². The molecule has 2 aromatic carbocycles. The molecule has 0 aliphatic carbocycles. The number of aromatic nitrogens is 1. The predicted octanol–water partition coefficient (Wildman–Crippen LogP) is 6.30. The van der Waals surface area contributed by atoms with Crippen molar-refractivity contribution in [2.75, 3.05) is 19.6 Å². The number of aliphatic hydroxyl groups is 2. The van der Waals surface area contributed by atoms with E-state index in [1.807, 2.05) is 42.5 Å². The Hall–Kier alpha value is -2.70. The minimum atomic E-state index is -1.03. The highest BCUT2D eigenvalue weighted by Gasteiger charge is 2.48. The smallest absolute Gasteiger partial charge is 0.149 e. The first-order chi connectivity index (χ1) is 18.0. The van der Waals surface area contributed by atoms with Crippen LogP contribution < -0.4 is 4.74 Å². The topological polar surface area (TPSA) is 65.8 Å². The number of hydrogen-bond acceptors (Lipinski definition) is 5. The Bertz CT molecular complexity index is 1340. The number of benzene rings is 2. The fourth-order valence-electron chi connectivity index (χ4n) is 5.89. The Labute approximate surface area is 230 Å². The molecule has 0 bridgehead atoms. The fraction of sp³-hybridized carbons (Fsp3) is 0.406. The summed E-state index contributed by atoms with van der Waals surface area (Å²) in [6.45, 7) is 10.3. The molecule has 2 N–H and O–H groups in total. The molecule has 1 fully saturated rings. The van der Waals surface area contributed by atoms with Crippen LogP contribution in [0, 0.1) is 5.41 Å². The highest BCUT2D eigenvalue weighted by molar-refractivity contribution is 6.30. The van der Waals surface area contributed by atoms with Crippen molar-refractivity contribution in [3.63, 3.8) is 0 Å². The van der Waals surface area contributed by atoms with Crippen molar-refractivity contribution in [1.29, 1.82) is 0 Å². The van der Waals surface area contributed by atoms with E-state index in [0.29, 0.717) is 17.9 Å². The molecular formula is C32H37ClN2O3. The molecule has 200 valence electrons. The van der Waals surface area contributed by atoms with Gasteiger partial charge in [0.25, 0.3) is 0 Å². The SMILES string of the molecule is CC(C)(O)c1cccc2c1OC(=CCCN1CC[C@](O)(c3ccc(Cl)cc3)C(C)(C)C1)c1ncccc1C2. The van der Waals surface area contributed by atoms with Crippen molar-refractivity contribution in [1.82, 2.24) is 9.88 Å². The van der Waals surface area contributed by atoms with E-state index < -0.39 is 11.2 Å². The Morgan fingerprint density at radius 2 is 1.82 bits per heavy atom. The number of hydrogen-bond donors (Lipinski definition) is 2. The zero-order valence-corrected chi connectivity index (χ0v) is 23.4. The first-order valence-electron chi connectivity index (χ1n) is 13.4. The van der Waals surface area contributed by atoms with E-state index in [-0.39, 0.29) is 5.41 Å². The maximum atomic E-state index is 11.7. The molecule has 5 nitrogen and oxygen atoms in total. The van der Waals surface area contributed by atoms with Crippen molar-refractivity contribution >= 4 is 17.4 Å². The molecule has 5 rings (SSSR count). The van der Waals surface area contributed by atoms with Gasteiger partial charge in [-0.15, -0.1) is 0 Å². The van der Waals surface area contributed by atoms with Gasteiger partial charge in [0.2, 0.25) is 0 Å². The number of fused-ring (bicyclic) bond motifs is 2. The molecule has 0 radical (unpaired) electrons. The molecule has 1 atom stereocenters. The molecule has 1 aromatic heterocycles. The summed E-state index contributed by atoms with van der Waals surface area (Å²) < 4.78 is 6.54. The zero-order valence-electron chi connectivity index (χ0n) is 22.7. The second-order valence-electron chi connectivity index (χ2n) is 11.8. The number of halogens is 1. The molecular weight excluding hydrogens is 496 g/mol. The second kappa shape index (κ2) is 10.1. The third-order valence-electron chi connectivity index (χ3n) is 8.10. The molecule has 2 aliphatic heterocycles. The van der Waals surface area contributed by atoms with E-state index >= 15 is 0 Å². The summed E-state index contributed by atoms with van der Waals surface area (Å²) in [6, 6.07) is 17.6. The average Bonchev–Trinajstić information content (AvgIpc) is 3.02. The van der Waals surface area contributed by atoms with Gasteiger partial charge < -0.3 is 19.8 Å². The number of para-hydroxylation sites is 1. The van der Waals surface area contributed by atoms with Crippen LogP contribution in [0.5, 0.6) is 5.75 Å². The van der Waals surface area contributed by atoms with Crippen LogP contribution >= 0.6 is 11.6 Å². The van der Waals surface area contributed by atoms with Gasteiger partial charge in [0.1, 0.15) is 17.2 Å². The Balaban J connectivity index is 1.36. The van der Waals surface area contributed by atoms with E-state index in [4.69, 9.17) is 16.3 Å². The lowest BCUT2D eigenvalue weighted by Crippen LogP contribution is -2.55. The lowest BCUT2D eigenvalue weighted by atomic mass is 9.66. The van der Waals surface area contributed by atoms with Crippen LogP contribution in [-0.2, 0) is 17.6 Å². The van der Waals surface area contributed by atoms with Crippen molar-refractivity contribution in [3.8, 4) is 5.75 Å². The van der Waals surface area contributed by atoms with Crippen LogP contribution in [0.2, 0.25) is 5.02 Å². The van der Waals surface area contributed by atoms with E-state index in [1.165, 1.54) is 0 Å². The van der Waals surface area contributed by atoms with Gasteiger partial charge in [0.05, 0.1) is 11.2 Å². The summed E-state index contributed by atoms with van der Waals surface area (Å²) in [5.74, 6) is 1.45. The third-order valence-corrected chi connectivity index (χ3v) is 8.35. The van der Waals surface area contributed by atoms with Crippen molar-refractivity contribution < 1.29 is 14.9 Å². The Kier molecular flexibility index (Phi) is 7.16. The standard InChI is InChI=1S/C32H37ClN2O3/c1-30(2)21-35(19-16-32(30,37)24-12-14-25(33)15-13-24)18-7-11-27-28-22(9-6-17-34-28)20-23-8-5-10-26(29(23)38-27)31(3,4)36/h5-6,8-15,17,36-37H,7,16,18-21H2,1-4H3/t32-/m0/s1. The van der Waals surface area contributed by atoms with Crippen LogP contribution in [0.3, 0.4) is 0 Å². The van der Waals surface area contributed by atoms with Crippen LogP contribution in [0.1, 0.15) is 68.5 Å². The van der Waals surface area contributed by atoms with Crippen LogP contribution in [0.25, 0.3) is 5.76 Å². The fourth-order valence-corrected chi connectivity index (χ4v) is 6.01. The summed E-state index contributed by atoms with van der Waals surface area (Å²) in [5.41, 5.74) is 2.43. The van der Waals surface area contributed by atoms with Gasteiger partial charge in [-0.3, -0.25) is 4.98 Å². The maximum Gasteiger partial charge on any atom is 0.149 e. The average molecular weight is 533 g/mol. The van der Waals surface area contributed by atoms with E-state index in [2.05, 4.69) is 41.9 Å². The minimum Gasteiger partial charge on any atom is -0.455 e. The molecule has 1 saturated heterocycles. The van der Waals surface area contributed by atoms with Gasteiger partial charge in [0.15, 0.2) is 0 Å². The van der Waals surface area contributed by atoms with Crippen molar-refractivity contribution in [2.24, 2.45) is 5.41 Å². The normalized spacial score (nSPS) is 22.3. The largest absolute Gasteiger partial charge is 0.455 e. The monoisotopic (exact) mass is 532 g/mol. The van der Waals surface area contributed by atoms with Crippen LogP contribution in [0.4, 0.5) is 0 Å². The highest BCUT2D eigenvalue weighted by Crippen LogP contribution is 2.46. The van der Waals surface area contributed by atoms with Gasteiger partial charge in [-0.05, 0) is 67.7 Å². The molecule has 2 aliphatic rings. The predicted molar refractivity (Wildman–Crippen MR) is 152 cm³/mol. The maximum absolute atomic E-state index is 11.7. The van der Waals surface area contributed by atoms with E-state index in [9.17, 15) is 10.2 Å². The number of ether oxygens (including phenoxy) is 1. The van der Waals surface area contributed by atoms with Gasteiger partial charge in [-0.25, -0.2) is 0 Å². The molecule has 0 saturated carbocycles. The molecule has 0 amide bonds. The number of rotatable bonds is 5. The first kappa shape index (κ1) is 26.9. The number of pyridine rings is 1. The number of piperidine rings is 1. The summed E-state index contributed by atoms with van der Waals surface area (Å²) in [6.07, 6.45) is 6.05. The first-order valence-corrected chi connectivity index (χ1v) is 13.7. The quantitative estimate of drug-likeness (QED) is 0.404. The summed E-state index contributed by atoms with van der Waals surface area (Å²) in [4.78, 5) is 7.08. The molecule has 3 aromatic rings. The highest BCUT2D eigenvalue weighted by atomic mass is 35.5. The Morgan fingerprint density at radius 1 is 1.08 bits per heavy atom. The van der Waals surface area contributed by atoms with Crippen molar-refractivity contribution in [2.45, 2.75) is 58.2 Å². The van der Waals surface area contributed by atoms with Gasteiger partial charge in [-0.2, -0.15) is 0 Å². The second-order valence-corrected chi connectivity index (χ2v) is 12.2. The minimum absolute atomic E-state index is 0.334.